The predicted molar refractivity (Wildman–Crippen MR) is 97.1 cm³/mol. The van der Waals surface area contributed by atoms with Crippen LogP contribution in [0.15, 0.2) is 42.5 Å². The lowest BCUT2D eigenvalue weighted by molar-refractivity contribution is 0.104. The van der Waals surface area contributed by atoms with Crippen LogP contribution in [-0.2, 0) is 0 Å². The predicted octanol–water partition coefficient (Wildman–Crippen LogP) is 4.01. The summed E-state index contributed by atoms with van der Waals surface area (Å²) in [6.45, 7) is 2.43. The van der Waals surface area contributed by atoms with Crippen LogP contribution in [0, 0.1) is 0 Å². The third kappa shape index (κ3) is 4.53. The van der Waals surface area contributed by atoms with Crippen molar-refractivity contribution in [3.05, 3.63) is 53.6 Å². The molecule has 0 aromatic heterocycles. The van der Waals surface area contributed by atoms with E-state index in [4.69, 9.17) is 18.9 Å². The number of hydrogen-bond acceptors (Lipinski definition) is 5. The second-order valence-corrected chi connectivity index (χ2v) is 5.10. The molecule has 0 N–H and O–H groups in total. The van der Waals surface area contributed by atoms with Gasteiger partial charge in [-0.1, -0.05) is 0 Å². The van der Waals surface area contributed by atoms with Gasteiger partial charge in [0.05, 0.1) is 33.5 Å². The summed E-state index contributed by atoms with van der Waals surface area (Å²) in [5.41, 5.74) is 1.26. The minimum Gasteiger partial charge on any atom is -0.497 e. The minimum absolute atomic E-state index is 0.169. The van der Waals surface area contributed by atoms with E-state index in [1.807, 2.05) is 19.1 Å². The van der Waals surface area contributed by atoms with Crippen LogP contribution in [0.5, 0.6) is 23.0 Å². The van der Waals surface area contributed by atoms with Crippen LogP contribution in [0.4, 0.5) is 0 Å². The number of methoxy groups -OCH3 is 3. The van der Waals surface area contributed by atoms with Gasteiger partial charge in [0.1, 0.15) is 23.0 Å². The summed E-state index contributed by atoms with van der Waals surface area (Å²) < 4.78 is 21.2. The fourth-order valence-electron chi connectivity index (χ4n) is 2.32. The van der Waals surface area contributed by atoms with Gasteiger partial charge in [0.2, 0.25) is 0 Å². The van der Waals surface area contributed by atoms with E-state index < -0.39 is 0 Å². The summed E-state index contributed by atoms with van der Waals surface area (Å²) in [4.78, 5) is 12.5. The van der Waals surface area contributed by atoms with E-state index in [9.17, 15) is 4.79 Å². The summed E-state index contributed by atoms with van der Waals surface area (Å²) in [7, 11) is 4.68. The highest BCUT2D eigenvalue weighted by Gasteiger charge is 2.11. The van der Waals surface area contributed by atoms with Crippen molar-refractivity contribution >= 4 is 11.9 Å². The Morgan fingerprint density at radius 3 is 2.16 bits per heavy atom. The molecule has 2 rings (SSSR count). The Balaban J connectivity index is 2.28. The molecule has 0 heterocycles. The first-order valence-electron chi connectivity index (χ1n) is 7.88. The van der Waals surface area contributed by atoms with Gasteiger partial charge in [-0.3, -0.25) is 4.79 Å². The van der Waals surface area contributed by atoms with Crippen molar-refractivity contribution in [1.29, 1.82) is 0 Å². The van der Waals surface area contributed by atoms with E-state index in [0.717, 1.165) is 5.56 Å². The normalized spacial score (nSPS) is 10.6. The molecule has 0 aliphatic rings. The molecule has 2 aromatic rings. The summed E-state index contributed by atoms with van der Waals surface area (Å²) in [6.07, 6.45) is 3.21. The third-order valence-electron chi connectivity index (χ3n) is 3.61. The van der Waals surface area contributed by atoms with Crippen molar-refractivity contribution in [2.75, 3.05) is 27.9 Å². The van der Waals surface area contributed by atoms with Gasteiger partial charge in [0, 0.05) is 17.7 Å². The average molecular weight is 342 g/mol. The Morgan fingerprint density at radius 1 is 0.920 bits per heavy atom. The lowest BCUT2D eigenvalue weighted by Gasteiger charge is -2.10. The van der Waals surface area contributed by atoms with Crippen molar-refractivity contribution < 1.29 is 23.7 Å². The molecule has 0 aliphatic carbocycles. The van der Waals surface area contributed by atoms with Crippen LogP contribution in [0.2, 0.25) is 0 Å². The molecule has 0 unspecified atom stereocenters. The summed E-state index contributed by atoms with van der Waals surface area (Å²) >= 11 is 0. The molecule has 0 radical (unpaired) electrons. The molecule has 5 heteroatoms. The highest BCUT2D eigenvalue weighted by molar-refractivity contribution is 6.08. The number of carbonyl (C=O) groups excluding carboxylic acids is 1. The Bertz CT molecular complexity index is 765. The number of carbonyl (C=O) groups is 1. The standard InChI is InChI=1S/C20H22O5/c1-5-25-19-12-15(22-2)8-6-14(19)7-11-18(21)17-10-9-16(23-3)13-20(17)24-4/h6-13H,5H2,1-4H3. The van der Waals surface area contributed by atoms with Crippen LogP contribution in [0.3, 0.4) is 0 Å². The van der Waals surface area contributed by atoms with Crippen molar-refractivity contribution in [3.8, 4) is 23.0 Å². The SMILES string of the molecule is CCOc1cc(OC)ccc1C=CC(=O)c1ccc(OC)cc1OC. The van der Waals surface area contributed by atoms with E-state index in [-0.39, 0.29) is 5.78 Å². The van der Waals surface area contributed by atoms with E-state index in [2.05, 4.69) is 0 Å². The maximum atomic E-state index is 12.5. The van der Waals surface area contributed by atoms with E-state index in [1.54, 1.807) is 44.6 Å². The first kappa shape index (κ1) is 18.4. The summed E-state index contributed by atoms with van der Waals surface area (Å²) in [5, 5.41) is 0. The number of ether oxygens (including phenoxy) is 4. The van der Waals surface area contributed by atoms with Crippen molar-refractivity contribution in [2.24, 2.45) is 0 Å². The van der Waals surface area contributed by atoms with Gasteiger partial charge in [-0.25, -0.2) is 0 Å². The maximum Gasteiger partial charge on any atom is 0.189 e. The molecule has 0 saturated carbocycles. The van der Waals surface area contributed by atoms with Crippen LogP contribution >= 0.6 is 0 Å². The monoisotopic (exact) mass is 342 g/mol. The van der Waals surface area contributed by atoms with Crippen LogP contribution in [-0.4, -0.2) is 33.7 Å². The molecule has 2 aromatic carbocycles. The van der Waals surface area contributed by atoms with Crippen LogP contribution in [0.25, 0.3) is 6.08 Å². The second kappa shape index (κ2) is 8.78. The molecule has 0 amide bonds. The molecule has 0 fully saturated rings. The molecule has 0 saturated heterocycles. The Morgan fingerprint density at radius 2 is 1.56 bits per heavy atom. The Labute approximate surface area is 147 Å². The highest BCUT2D eigenvalue weighted by atomic mass is 16.5. The smallest absolute Gasteiger partial charge is 0.189 e. The van der Waals surface area contributed by atoms with Gasteiger partial charge >= 0.3 is 0 Å². The fourth-order valence-corrected chi connectivity index (χ4v) is 2.32. The molecule has 25 heavy (non-hydrogen) atoms. The molecular weight excluding hydrogens is 320 g/mol. The van der Waals surface area contributed by atoms with Gasteiger partial charge in [-0.05, 0) is 43.3 Å². The number of ketones is 1. The van der Waals surface area contributed by atoms with Gasteiger partial charge in [-0.15, -0.1) is 0 Å². The minimum atomic E-state index is -0.169. The molecule has 0 atom stereocenters. The van der Waals surface area contributed by atoms with Gasteiger partial charge < -0.3 is 18.9 Å². The summed E-state index contributed by atoms with van der Waals surface area (Å²) in [6, 6.07) is 10.5. The van der Waals surface area contributed by atoms with Crippen LogP contribution < -0.4 is 18.9 Å². The molecule has 0 bridgehead atoms. The van der Waals surface area contributed by atoms with E-state index >= 15 is 0 Å². The van der Waals surface area contributed by atoms with Gasteiger partial charge in [0.15, 0.2) is 5.78 Å². The van der Waals surface area contributed by atoms with E-state index in [1.165, 1.54) is 13.2 Å². The lowest BCUT2D eigenvalue weighted by Crippen LogP contribution is -2.00. The average Bonchev–Trinajstić information content (AvgIpc) is 2.66. The lowest BCUT2D eigenvalue weighted by atomic mass is 10.1. The number of rotatable bonds is 8. The topological polar surface area (TPSA) is 54.0 Å². The molecule has 0 spiro atoms. The van der Waals surface area contributed by atoms with E-state index in [0.29, 0.717) is 35.2 Å². The Hall–Kier alpha value is -2.95. The van der Waals surface area contributed by atoms with Gasteiger partial charge in [-0.2, -0.15) is 0 Å². The first-order chi connectivity index (χ1) is 12.1. The first-order valence-corrected chi connectivity index (χ1v) is 7.88. The molecular formula is C20H22O5. The highest BCUT2D eigenvalue weighted by Crippen LogP contribution is 2.28. The van der Waals surface area contributed by atoms with Gasteiger partial charge in [0.25, 0.3) is 0 Å². The zero-order chi connectivity index (χ0) is 18.2. The number of benzene rings is 2. The number of hydrogen-bond donors (Lipinski definition) is 0. The van der Waals surface area contributed by atoms with Crippen molar-refractivity contribution in [3.63, 3.8) is 0 Å². The second-order valence-electron chi connectivity index (χ2n) is 5.10. The van der Waals surface area contributed by atoms with Crippen molar-refractivity contribution in [1.82, 2.24) is 0 Å². The summed E-state index contributed by atoms with van der Waals surface area (Å²) in [5.74, 6) is 2.29. The molecule has 5 nitrogen and oxygen atoms in total. The Kier molecular flexibility index (Phi) is 6.46. The number of allylic oxidation sites excluding steroid dienone is 1. The molecule has 0 aliphatic heterocycles. The van der Waals surface area contributed by atoms with Crippen LogP contribution in [0.1, 0.15) is 22.8 Å². The largest absolute Gasteiger partial charge is 0.497 e. The van der Waals surface area contributed by atoms with Crippen molar-refractivity contribution in [2.45, 2.75) is 6.92 Å². The molecule has 132 valence electrons. The maximum absolute atomic E-state index is 12.5. The third-order valence-corrected chi connectivity index (χ3v) is 3.61. The fraction of sp³-hybridized carbons (Fsp3) is 0.250. The zero-order valence-electron chi connectivity index (χ0n) is 14.9. The quantitative estimate of drug-likeness (QED) is 0.536. The zero-order valence-corrected chi connectivity index (χ0v) is 14.9.